The van der Waals surface area contributed by atoms with Crippen LogP contribution in [-0.2, 0) is 0 Å². The van der Waals surface area contributed by atoms with Crippen molar-refractivity contribution in [3.05, 3.63) is 46.1 Å². The molecule has 2 N–H and O–H groups in total. The summed E-state index contributed by atoms with van der Waals surface area (Å²) in [4.78, 5) is 26.5. The van der Waals surface area contributed by atoms with Crippen LogP contribution in [0.1, 0.15) is 20.2 Å². The predicted molar refractivity (Wildman–Crippen MR) is 68.5 cm³/mol. The molecule has 0 fully saturated rings. The van der Waals surface area contributed by atoms with E-state index >= 15 is 0 Å². The van der Waals surface area contributed by atoms with E-state index in [1.807, 2.05) is 0 Å². The molecule has 0 bridgehead atoms. The summed E-state index contributed by atoms with van der Waals surface area (Å²) >= 11 is 6.72. The largest absolute Gasteiger partial charge is 0.477 e. The van der Waals surface area contributed by atoms with Crippen molar-refractivity contribution in [3.8, 4) is 0 Å². The van der Waals surface area contributed by atoms with Crippen molar-refractivity contribution in [3.63, 3.8) is 0 Å². The SMILES string of the molecule is O=C(Nc1ccc(C(=O)O)s1)c1cc(Cl)ccn1. The third-order valence-electron chi connectivity index (χ3n) is 2.01. The van der Waals surface area contributed by atoms with E-state index in [1.54, 1.807) is 6.07 Å². The Labute approximate surface area is 111 Å². The minimum atomic E-state index is -1.03. The summed E-state index contributed by atoms with van der Waals surface area (Å²) in [5, 5.41) is 12.2. The molecular formula is C11H7ClN2O3S. The summed E-state index contributed by atoms with van der Waals surface area (Å²) in [5.41, 5.74) is 0.174. The van der Waals surface area contributed by atoms with Gasteiger partial charge >= 0.3 is 5.97 Å². The van der Waals surface area contributed by atoms with Gasteiger partial charge in [0.2, 0.25) is 0 Å². The van der Waals surface area contributed by atoms with Gasteiger partial charge in [0.1, 0.15) is 10.6 Å². The third kappa shape index (κ3) is 2.85. The number of thiophene rings is 1. The maximum atomic E-state index is 11.8. The highest BCUT2D eigenvalue weighted by molar-refractivity contribution is 7.18. The first kappa shape index (κ1) is 12.5. The molecule has 0 atom stereocenters. The van der Waals surface area contributed by atoms with E-state index in [2.05, 4.69) is 10.3 Å². The first-order valence-corrected chi connectivity index (χ1v) is 6.02. The Bertz CT molecular complexity index is 612. The molecule has 0 aliphatic rings. The number of aromatic carboxylic acids is 1. The molecule has 2 aromatic heterocycles. The maximum absolute atomic E-state index is 11.8. The van der Waals surface area contributed by atoms with Crippen molar-refractivity contribution in [2.45, 2.75) is 0 Å². The molecule has 0 unspecified atom stereocenters. The molecule has 0 aliphatic carbocycles. The number of hydrogen-bond donors (Lipinski definition) is 2. The molecule has 2 aromatic rings. The number of amides is 1. The Kier molecular flexibility index (Phi) is 3.59. The van der Waals surface area contributed by atoms with Crippen LogP contribution in [-0.4, -0.2) is 22.0 Å². The van der Waals surface area contributed by atoms with Gasteiger partial charge < -0.3 is 10.4 Å². The van der Waals surface area contributed by atoms with Gasteiger partial charge in [-0.1, -0.05) is 11.6 Å². The molecule has 0 radical (unpaired) electrons. The lowest BCUT2D eigenvalue weighted by Crippen LogP contribution is -2.12. The van der Waals surface area contributed by atoms with Gasteiger partial charge in [-0.3, -0.25) is 9.78 Å². The minimum absolute atomic E-state index is 0.157. The summed E-state index contributed by atoms with van der Waals surface area (Å²) in [5.74, 6) is -1.46. The fourth-order valence-electron chi connectivity index (χ4n) is 1.22. The molecule has 18 heavy (non-hydrogen) atoms. The highest BCUT2D eigenvalue weighted by atomic mass is 35.5. The van der Waals surface area contributed by atoms with Crippen LogP contribution in [0.3, 0.4) is 0 Å². The Morgan fingerprint density at radius 3 is 2.72 bits per heavy atom. The molecule has 0 aromatic carbocycles. The molecule has 7 heteroatoms. The summed E-state index contributed by atoms with van der Waals surface area (Å²) in [6, 6.07) is 5.94. The molecule has 0 aliphatic heterocycles. The Morgan fingerprint density at radius 1 is 1.33 bits per heavy atom. The van der Waals surface area contributed by atoms with Crippen LogP contribution < -0.4 is 5.32 Å². The van der Waals surface area contributed by atoms with Crippen molar-refractivity contribution in [1.29, 1.82) is 0 Å². The van der Waals surface area contributed by atoms with Crippen LogP contribution in [0.25, 0.3) is 0 Å². The number of carboxylic acid groups (broad SMARTS) is 1. The fourth-order valence-corrected chi connectivity index (χ4v) is 2.12. The summed E-state index contributed by atoms with van der Waals surface area (Å²) in [6.45, 7) is 0. The normalized spacial score (nSPS) is 10.1. The van der Waals surface area contributed by atoms with Crippen LogP contribution in [0.2, 0.25) is 5.02 Å². The molecular weight excluding hydrogens is 276 g/mol. The second kappa shape index (κ2) is 5.16. The van der Waals surface area contributed by atoms with E-state index in [1.165, 1.54) is 24.4 Å². The van der Waals surface area contributed by atoms with E-state index < -0.39 is 11.9 Å². The minimum Gasteiger partial charge on any atom is -0.477 e. The zero-order chi connectivity index (χ0) is 13.1. The number of nitrogens with one attached hydrogen (secondary N) is 1. The zero-order valence-corrected chi connectivity index (χ0v) is 10.5. The summed E-state index contributed by atoms with van der Waals surface area (Å²) < 4.78 is 0. The molecule has 2 heterocycles. The molecule has 0 spiro atoms. The lowest BCUT2D eigenvalue weighted by Gasteiger charge is -2.01. The second-order valence-corrected chi connectivity index (χ2v) is 4.80. The fraction of sp³-hybridized carbons (Fsp3) is 0. The molecule has 0 saturated carbocycles. The lowest BCUT2D eigenvalue weighted by molar-refractivity contribution is 0.0702. The molecule has 5 nitrogen and oxygen atoms in total. The predicted octanol–water partition coefficient (Wildman–Crippen LogP) is 2.75. The monoisotopic (exact) mass is 282 g/mol. The Balaban J connectivity index is 2.13. The quantitative estimate of drug-likeness (QED) is 0.907. The van der Waals surface area contributed by atoms with E-state index in [9.17, 15) is 9.59 Å². The molecule has 92 valence electrons. The van der Waals surface area contributed by atoms with Crippen molar-refractivity contribution < 1.29 is 14.7 Å². The summed E-state index contributed by atoms with van der Waals surface area (Å²) in [7, 11) is 0. The number of rotatable bonds is 3. The van der Waals surface area contributed by atoms with Crippen molar-refractivity contribution >= 4 is 39.8 Å². The van der Waals surface area contributed by atoms with Crippen molar-refractivity contribution in [1.82, 2.24) is 4.98 Å². The number of aromatic nitrogens is 1. The second-order valence-electron chi connectivity index (χ2n) is 3.28. The number of hydrogen-bond acceptors (Lipinski definition) is 4. The Morgan fingerprint density at radius 2 is 2.11 bits per heavy atom. The van der Waals surface area contributed by atoms with Gasteiger partial charge in [0.25, 0.3) is 5.91 Å². The number of halogens is 1. The molecule has 1 amide bonds. The number of carbonyl (C=O) groups excluding carboxylic acids is 1. The standard InChI is InChI=1S/C11H7ClN2O3S/c12-6-3-4-13-7(5-6)10(15)14-9-2-1-8(18-9)11(16)17/h1-5H,(H,14,15)(H,16,17). The van der Waals surface area contributed by atoms with Crippen LogP contribution in [0, 0.1) is 0 Å². The molecule has 0 saturated heterocycles. The van der Waals surface area contributed by atoms with Crippen LogP contribution in [0.15, 0.2) is 30.5 Å². The average molecular weight is 283 g/mol. The number of carbonyl (C=O) groups is 2. The van der Waals surface area contributed by atoms with E-state index in [-0.39, 0.29) is 10.6 Å². The van der Waals surface area contributed by atoms with Gasteiger partial charge in [0, 0.05) is 11.2 Å². The first-order valence-electron chi connectivity index (χ1n) is 4.82. The number of anilines is 1. The maximum Gasteiger partial charge on any atom is 0.345 e. The smallest absolute Gasteiger partial charge is 0.345 e. The van der Waals surface area contributed by atoms with Gasteiger partial charge in [-0.05, 0) is 24.3 Å². The van der Waals surface area contributed by atoms with Gasteiger partial charge in [0.05, 0.1) is 5.00 Å². The number of carboxylic acids is 1. The Hall–Kier alpha value is -1.92. The zero-order valence-electron chi connectivity index (χ0n) is 8.88. The van der Waals surface area contributed by atoms with Crippen LogP contribution >= 0.6 is 22.9 Å². The van der Waals surface area contributed by atoms with Crippen LogP contribution in [0.4, 0.5) is 5.00 Å². The highest BCUT2D eigenvalue weighted by Gasteiger charge is 2.11. The molecule has 2 rings (SSSR count). The number of nitrogens with zero attached hydrogens (tertiary/aromatic N) is 1. The van der Waals surface area contributed by atoms with Gasteiger partial charge in [-0.15, -0.1) is 11.3 Å². The number of pyridine rings is 1. The third-order valence-corrected chi connectivity index (χ3v) is 3.23. The van der Waals surface area contributed by atoms with Gasteiger partial charge in [-0.2, -0.15) is 0 Å². The van der Waals surface area contributed by atoms with E-state index in [4.69, 9.17) is 16.7 Å². The summed E-state index contributed by atoms with van der Waals surface area (Å²) in [6.07, 6.45) is 1.42. The van der Waals surface area contributed by atoms with Crippen molar-refractivity contribution in [2.75, 3.05) is 5.32 Å². The highest BCUT2D eigenvalue weighted by Crippen LogP contribution is 2.22. The van der Waals surface area contributed by atoms with Gasteiger partial charge in [-0.25, -0.2) is 4.79 Å². The van der Waals surface area contributed by atoms with Crippen LogP contribution in [0.5, 0.6) is 0 Å². The van der Waals surface area contributed by atoms with E-state index in [0.29, 0.717) is 10.0 Å². The van der Waals surface area contributed by atoms with Gasteiger partial charge in [0.15, 0.2) is 0 Å². The average Bonchev–Trinajstić information content (AvgIpc) is 2.77. The van der Waals surface area contributed by atoms with E-state index in [0.717, 1.165) is 11.3 Å². The lowest BCUT2D eigenvalue weighted by atomic mass is 10.3. The van der Waals surface area contributed by atoms with Crippen molar-refractivity contribution in [2.24, 2.45) is 0 Å². The first-order chi connectivity index (χ1) is 8.56. The topological polar surface area (TPSA) is 79.3 Å².